The standard InChI is InChI=1S/C14H27N3O3S/c1-3-7-15-11-13-10-14(12-16-13)21(18,19)17-8-5-4-6-9-20-2/h10,12,15-17H,3-9,11H2,1-2H3. The van der Waals surface area contributed by atoms with Crippen molar-refractivity contribution in [1.82, 2.24) is 15.0 Å². The number of methoxy groups -OCH3 is 1. The van der Waals surface area contributed by atoms with Gasteiger partial charge in [-0.3, -0.25) is 0 Å². The molecule has 122 valence electrons. The Morgan fingerprint density at radius 3 is 2.76 bits per heavy atom. The van der Waals surface area contributed by atoms with E-state index < -0.39 is 10.0 Å². The molecule has 0 atom stereocenters. The number of aromatic amines is 1. The summed E-state index contributed by atoms with van der Waals surface area (Å²) in [6.07, 6.45) is 5.32. The number of H-pyrrole nitrogens is 1. The van der Waals surface area contributed by atoms with Crippen LogP contribution >= 0.6 is 0 Å². The third-order valence-corrected chi connectivity index (χ3v) is 4.53. The number of nitrogens with one attached hydrogen (secondary N) is 3. The predicted octanol–water partition coefficient (Wildman–Crippen LogP) is 1.61. The lowest BCUT2D eigenvalue weighted by atomic mass is 10.2. The summed E-state index contributed by atoms with van der Waals surface area (Å²) in [6.45, 7) is 4.84. The van der Waals surface area contributed by atoms with Gasteiger partial charge in [-0.1, -0.05) is 6.92 Å². The van der Waals surface area contributed by atoms with E-state index in [1.165, 1.54) is 6.20 Å². The Morgan fingerprint density at radius 1 is 1.24 bits per heavy atom. The van der Waals surface area contributed by atoms with Crippen LogP contribution in [0.5, 0.6) is 0 Å². The molecular weight excluding hydrogens is 290 g/mol. The number of sulfonamides is 1. The molecule has 0 aliphatic heterocycles. The van der Waals surface area contributed by atoms with Crippen LogP contribution in [0.25, 0.3) is 0 Å². The Labute approximate surface area is 127 Å². The molecule has 0 unspecified atom stereocenters. The van der Waals surface area contributed by atoms with Crippen LogP contribution in [0.3, 0.4) is 0 Å². The fourth-order valence-electron chi connectivity index (χ4n) is 1.91. The quantitative estimate of drug-likeness (QED) is 0.511. The summed E-state index contributed by atoms with van der Waals surface area (Å²) in [4.78, 5) is 3.29. The van der Waals surface area contributed by atoms with Gasteiger partial charge in [0.25, 0.3) is 0 Å². The molecule has 1 aromatic heterocycles. The van der Waals surface area contributed by atoms with Crippen molar-refractivity contribution in [3.8, 4) is 0 Å². The molecule has 0 spiro atoms. The van der Waals surface area contributed by atoms with Crippen molar-refractivity contribution < 1.29 is 13.2 Å². The van der Waals surface area contributed by atoms with E-state index in [-0.39, 0.29) is 0 Å². The fourth-order valence-corrected chi connectivity index (χ4v) is 3.01. The lowest BCUT2D eigenvalue weighted by Gasteiger charge is -2.04. The molecule has 21 heavy (non-hydrogen) atoms. The highest BCUT2D eigenvalue weighted by atomic mass is 32.2. The van der Waals surface area contributed by atoms with Crippen LogP contribution in [0.1, 0.15) is 38.3 Å². The van der Waals surface area contributed by atoms with Gasteiger partial charge in [0.15, 0.2) is 0 Å². The van der Waals surface area contributed by atoms with Gasteiger partial charge >= 0.3 is 0 Å². The zero-order valence-electron chi connectivity index (χ0n) is 12.9. The van der Waals surface area contributed by atoms with Crippen molar-refractivity contribution in [2.45, 2.75) is 44.0 Å². The lowest BCUT2D eigenvalue weighted by molar-refractivity contribution is 0.192. The number of hydrogen-bond donors (Lipinski definition) is 3. The van der Waals surface area contributed by atoms with Gasteiger partial charge in [-0.25, -0.2) is 13.1 Å². The van der Waals surface area contributed by atoms with Crippen molar-refractivity contribution in [3.63, 3.8) is 0 Å². The second-order valence-electron chi connectivity index (χ2n) is 4.99. The van der Waals surface area contributed by atoms with E-state index in [0.717, 1.165) is 44.5 Å². The average Bonchev–Trinajstić information content (AvgIpc) is 2.93. The smallest absolute Gasteiger partial charge is 0.242 e. The maximum absolute atomic E-state index is 12.1. The van der Waals surface area contributed by atoms with Crippen molar-refractivity contribution >= 4 is 10.0 Å². The van der Waals surface area contributed by atoms with E-state index >= 15 is 0 Å². The molecule has 0 bridgehead atoms. The van der Waals surface area contributed by atoms with Gasteiger partial charge in [-0.05, 0) is 38.3 Å². The molecule has 6 nitrogen and oxygen atoms in total. The number of rotatable bonds is 12. The molecule has 0 aliphatic carbocycles. The van der Waals surface area contributed by atoms with Gasteiger partial charge < -0.3 is 15.0 Å². The first-order chi connectivity index (χ1) is 10.1. The van der Waals surface area contributed by atoms with Crippen LogP contribution in [-0.2, 0) is 21.3 Å². The first-order valence-corrected chi connectivity index (χ1v) is 8.95. The molecule has 0 saturated heterocycles. The minimum atomic E-state index is -3.40. The van der Waals surface area contributed by atoms with Crippen molar-refractivity contribution in [1.29, 1.82) is 0 Å². The summed E-state index contributed by atoms with van der Waals surface area (Å²) in [5.41, 5.74) is 0.879. The lowest BCUT2D eigenvalue weighted by Crippen LogP contribution is -2.24. The maximum Gasteiger partial charge on any atom is 0.242 e. The first kappa shape index (κ1) is 18.2. The van der Waals surface area contributed by atoms with Crippen LogP contribution in [0, 0.1) is 0 Å². The number of unbranched alkanes of at least 4 members (excludes halogenated alkanes) is 2. The van der Waals surface area contributed by atoms with Crippen LogP contribution in [-0.4, -0.2) is 40.2 Å². The van der Waals surface area contributed by atoms with Gasteiger partial charge in [-0.2, -0.15) is 0 Å². The number of hydrogen-bond acceptors (Lipinski definition) is 4. The molecule has 0 aromatic carbocycles. The Hall–Kier alpha value is -0.890. The summed E-state index contributed by atoms with van der Waals surface area (Å²) in [7, 11) is -1.73. The first-order valence-electron chi connectivity index (χ1n) is 7.46. The highest BCUT2D eigenvalue weighted by Crippen LogP contribution is 2.10. The third-order valence-electron chi connectivity index (χ3n) is 3.09. The van der Waals surface area contributed by atoms with Crippen LogP contribution in [0.4, 0.5) is 0 Å². The summed E-state index contributed by atoms with van der Waals surface area (Å²) in [5, 5.41) is 3.23. The minimum absolute atomic E-state index is 0.299. The molecule has 0 amide bonds. The highest BCUT2D eigenvalue weighted by molar-refractivity contribution is 7.89. The Balaban J connectivity index is 2.36. The number of ether oxygens (including phenoxy) is 1. The zero-order chi connectivity index (χ0) is 15.6. The molecular formula is C14H27N3O3S. The average molecular weight is 317 g/mol. The third kappa shape index (κ3) is 7.08. The number of aromatic nitrogens is 1. The molecule has 1 heterocycles. The monoisotopic (exact) mass is 317 g/mol. The topological polar surface area (TPSA) is 83.2 Å². The van der Waals surface area contributed by atoms with Crippen molar-refractivity contribution in [2.24, 2.45) is 0 Å². The van der Waals surface area contributed by atoms with Crippen LogP contribution in [0.15, 0.2) is 17.2 Å². The SMILES string of the molecule is CCCNCc1cc(S(=O)(=O)NCCCCCOC)c[nH]1. The maximum atomic E-state index is 12.1. The molecule has 0 aliphatic rings. The van der Waals surface area contributed by atoms with E-state index in [4.69, 9.17) is 4.74 Å². The minimum Gasteiger partial charge on any atom is -0.385 e. The van der Waals surface area contributed by atoms with E-state index in [1.807, 2.05) is 0 Å². The largest absolute Gasteiger partial charge is 0.385 e. The summed E-state index contributed by atoms with van der Waals surface area (Å²) >= 11 is 0. The van der Waals surface area contributed by atoms with Gasteiger partial charge in [0.05, 0.1) is 4.90 Å². The Bertz CT molecular complexity index is 485. The van der Waals surface area contributed by atoms with E-state index in [9.17, 15) is 8.42 Å². The van der Waals surface area contributed by atoms with Gasteiger partial charge in [0, 0.05) is 38.7 Å². The van der Waals surface area contributed by atoms with E-state index in [2.05, 4.69) is 21.9 Å². The predicted molar refractivity (Wildman–Crippen MR) is 83.7 cm³/mol. The highest BCUT2D eigenvalue weighted by Gasteiger charge is 2.15. The van der Waals surface area contributed by atoms with Crippen LogP contribution < -0.4 is 10.0 Å². The molecule has 7 heteroatoms. The molecule has 3 N–H and O–H groups in total. The summed E-state index contributed by atoms with van der Waals surface area (Å²) < 4.78 is 31.8. The second-order valence-corrected chi connectivity index (χ2v) is 6.76. The fraction of sp³-hybridized carbons (Fsp3) is 0.714. The normalized spacial score (nSPS) is 11.9. The molecule has 0 radical (unpaired) electrons. The summed E-state index contributed by atoms with van der Waals surface area (Å²) in [6, 6.07) is 1.68. The van der Waals surface area contributed by atoms with Gasteiger partial charge in [-0.15, -0.1) is 0 Å². The zero-order valence-corrected chi connectivity index (χ0v) is 13.8. The Morgan fingerprint density at radius 2 is 2.05 bits per heavy atom. The molecule has 1 aromatic rings. The molecule has 0 saturated carbocycles. The van der Waals surface area contributed by atoms with Crippen molar-refractivity contribution in [2.75, 3.05) is 26.8 Å². The van der Waals surface area contributed by atoms with Crippen molar-refractivity contribution in [3.05, 3.63) is 18.0 Å². The van der Waals surface area contributed by atoms with Crippen LogP contribution in [0.2, 0.25) is 0 Å². The summed E-state index contributed by atoms with van der Waals surface area (Å²) in [5.74, 6) is 0. The van der Waals surface area contributed by atoms with Gasteiger partial charge in [0.1, 0.15) is 0 Å². The van der Waals surface area contributed by atoms with Gasteiger partial charge in [0.2, 0.25) is 10.0 Å². The Kier molecular flexibility index (Phi) is 8.60. The van der Waals surface area contributed by atoms with E-state index in [1.54, 1.807) is 13.2 Å². The van der Waals surface area contributed by atoms with E-state index in [0.29, 0.717) is 18.0 Å². The second kappa shape index (κ2) is 9.94. The molecule has 0 fully saturated rings. The molecule has 1 rings (SSSR count).